The first-order valence-electron chi connectivity index (χ1n) is 9.62. The van der Waals surface area contributed by atoms with Gasteiger partial charge in [0.15, 0.2) is 0 Å². The largest absolute Gasteiger partial charge is 0.496 e. The molecule has 2 atom stereocenters. The van der Waals surface area contributed by atoms with E-state index < -0.39 is 5.82 Å². The third kappa shape index (κ3) is 4.27. The molecule has 1 N–H and O–H groups in total. The van der Waals surface area contributed by atoms with Gasteiger partial charge in [0.2, 0.25) is 0 Å². The normalized spacial score (nSPS) is 25.5. The number of halogens is 1. The van der Waals surface area contributed by atoms with Crippen molar-refractivity contribution in [3.63, 3.8) is 0 Å². The molecular formula is C21H30FNO4. The standard InChI is InChI=1S/C21H30FNO4/c1-20(2,3)18-12-15(24)13-21(27-18)7-9-23(10-8-21)19(25)16-6-5-14(22)11-17(16)26-4/h5-6,11,15,18,24H,7-10,12-13H2,1-4H3/t15-,18-/m1/s1. The fourth-order valence-electron chi connectivity index (χ4n) is 4.14. The second-order valence-electron chi connectivity index (χ2n) is 8.89. The number of hydrogen-bond acceptors (Lipinski definition) is 4. The molecule has 0 saturated carbocycles. The lowest BCUT2D eigenvalue weighted by molar-refractivity contribution is -0.205. The molecule has 0 bridgehead atoms. The van der Waals surface area contributed by atoms with Gasteiger partial charge in [0.25, 0.3) is 5.91 Å². The maximum atomic E-state index is 13.4. The van der Waals surface area contributed by atoms with Gasteiger partial charge < -0.3 is 19.5 Å². The van der Waals surface area contributed by atoms with E-state index in [0.29, 0.717) is 44.3 Å². The number of methoxy groups -OCH3 is 1. The lowest BCUT2D eigenvalue weighted by Gasteiger charge is -2.50. The Labute approximate surface area is 160 Å². The topological polar surface area (TPSA) is 59.0 Å². The summed E-state index contributed by atoms with van der Waals surface area (Å²) in [6.07, 6.45) is 2.27. The fourth-order valence-corrected chi connectivity index (χ4v) is 4.14. The van der Waals surface area contributed by atoms with Crippen LogP contribution in [0, 0.1) is 11.2 Å². The van der Waals surface area contributed by atoms with Gasteiger partial charge in [0.1, 0.15) is 11.6 Å². The smallest absolute Gasteiger partial charge is 0.257 e. The SMILES string of the molecule is COc1cc(F)ccc1C(=O)N1CCC2(CC1)C[C@H](O)C[C@H](C(C)(C)C)O2. The second kappa shape index (κ2) is 7.40. The molecule has 2 saturated heterocycles. The van der Waals surface area contributed by atoms with Crippen molar-refractivity contribution in [1.82, 2.24) is 4.90 Å². The molecule has 2 fully saturated rings. The maximum Gasteiger partial charge on any atom is 0.257 e. The van der Waals surface area contributed by atoms with E-state index in [1.165, 1.54) is 25.3 Å². The summed E-state index contributed by atoms with van der Waals surface area (Å²) in [6, 6.07) is 3.97. The molecule has 1 aromatic rings. The predicted molar refractivity (Wildman–Crippen MR) is 100 cm³/mol. The summed E-state index contributed by atoms with van der Waals surface area (Å²) in [5, 5.41) is 10.4. The summed E-state index contributed by atoms with van der Waals surface area (Å²) in [6.45, 7) is 7.47. The Hall–Kier alpha value is -1.66. The zero-order valence-corrected chi connectivity index (χ0v) is 16.6. The minimum atomic E-state index is -0.432. The van der Waals surface area contributed by atoms with Crippen molar-refractivity contribution < 1.29 is 23.8 Å². The number of rotatable bonds is 2. The van der Waals surface area contributed by atoms with Gasteiger partial charge in [0.05, 0.1) is 30.5 Å². The number of piperidine rings is 1. The monoisotopic (exact) mass is 379 g/mol. The van der Waals surface area contributed by atoms with Gasteiger partial charge in [-0.1, -0.05) is 20.8 Å². The fraction of sp³-hybridized carbons (Fsp3) is 0.667. The first-order valence-corrected chi connectivity index (χ1v) is 9.62. The molecule has 1 aromatic carbocycles. The van der Waals surface area contributed by atoms with Crippen molar-refractivity contribution in [3.8, 4) is 5.75 Å². The summed E-state index contributed by atoms with van der Waals surface area (Å²) >= 11 is 0. The van der Waals surface area contributed by atoms with Crippen LogP contribution >= 0.6 is 0 Å². The summed E-state index contributed by atoms with van der Waals surface area (Å²) < 4.78 is 25.0. The van der Waals surface area contributed by atoms with Gasteiger partial charge in [-0.25, -0.2) is 4.39 Å². The average Bonchev–Trinajstić information content (AvgIpc) is 2.60. The van der Waals surface area contributed by atoms with Crippen LogP contribution in [-0.4, -0.2) is 53.9 Å². The van der Waals surface area contributed by atoms with Gasteiger partial charge in [-0.05, 0) is 30.4 Å². The lowest BCUT2D eigenvalue weighted by atomic mass is 9.76. The van der Waals surface area contributed by atoms with Gasteiger partial charge >= 0.3 is 0 Å². The third-order valence-corrected chi connectivity index (χ3v) is 5.81. The first-order chi connectivity index (χ1) is 12.6. The van der Waals surface area contributed by atoms with Crippen LogP contribution < -0.4 is 4.74 Å². The van der Waals surface area contributed by atoms with Crippen LogP contribution in [0.15, 0.2) is 18.2 Å². The van der Waals surface area contributed by atoms with E-state index in [-0.39, 0.29) is 34.9 Å². The molecule has 2 aliphatic rings. The Morgan fingerprint density at radius 3 is 2.59 bits per heavy atom. The summed E-state index contributed by atoms with van der Waals surface area (Å²) in [7, 11) is 1.43. The van der Waals surface area contributed by atoms with E-state index in [1.54, 1.807) is 4.90 Å². The molecule has 150 valence electrons. The van der Waals surface area contributed by atoms with E-state index in [1.807, 2.05) is 0 Å². The van der Waals surface area contributed by atoms with E-state index in [9.17, 15) is 14.3 Å². The Bertz CT molecular complexity index is 692. The average molecular weight is 379 g/mol. The molecular weight excluding hydrogens is 349 g/mol. The Kier molecular flexibility index (Phi) is 5.50. The first kappa shape index (κ1) is 20.1. The summed E-state index contributed by atoms with van der Waals surface area (Å²) in [5.74, 6) is -0.346. The van der Waals surface area contributed by atoms with Crippen molar-refractivity contribution in [3.05, 3.63) is 29.6 Å². The molecule has 1 spiro atoms. The van der Waals surface area contributed by atoms with Crippen LogP contribution in [0.2, 0.25) is 0 Å². The highest BCUT2D eigenvalue weighted by molar-refractivity contribution is 5.97. The van der Waals surface area contributed by atoms with Crippen LogP contribution in [0.4, 0.5) is 4.39 Å². The van der Waals surface area contributed by atoms with E-state index in [4.69, 9.17) is 9.47 Å². The van der Waals surface area contributed by atoms with Gasteiger partial charge in [-0.15, -0.1) is 0 Å². The Morgan fingerprint density at radius 2 is 2.00 bits per heavy atom. The Morgan fingerprint density at radius 1 is 1.33 bits per heavy atom. The zero-order valence-electron chi connectivity index (χ0n) is 16.6. The molecule has 6 heteroatoms. The van der Waals surface area contributed by atoms with Crippen molar-refractivity contribution in [2.75, 3.05) is 20.2 Å². The molecule has 2 aliphatic heterocycles. The minimum absolute atomic E-state index is 0.000643. The molecule has 0 aliphatic carbocycles. The number of aliphatic hydroxyl groups is 1. The highest BCUT2D eigenvalue weighted by Crippen LogP contribution is 2.42. The second-order valence-corrected chi connectivity index (χ2v) is 8.89. The van der Waals surface area contributed by atoms with Gasteiger partial charge in [-0.2, -0.15) is 0 Å². The van der Waals surface area contributed by atoms with Crippen LogP contribution in [0.5, 0.6) is 5.75 Å². The Balaban J connectivity index is 1.70. The highest BCUT2D eigenvalue weighted by Gasteiger charge is 2.46. The van der Waals surface area contributed by atoms with E-state index in [2.05, 4.69) is 20.8 Å². The predicted octanol–water partition coefficient (Wildman–Crippen LogP) is 3.40. The molecule has 1 amide bonds. The van der Waals surface area contributed by atoms with Crippen LogP contribution in [0.1, 0.15) is 56.8 Å². The number of benzene rings is 1. The van der Waals surface area contributed by atoms with Crippen molar-refractivity contribution in [2.24, 2.45) is 5.41 Å². The van der Waals surface area contributed by atoms with E-state index >= 15 is 0 Å². The number of ether oxygens (including phenoxy) is 2. The number of aliphatic hydroxyl groups excluding tert-OH is 1. The van der Waals surface area contributed by atoms with E-state index in [0.717, 1.165) is 0 Å². The quantitative estimate of drug-likeness (QED) is 0.856. The number of carbonyl (C=O) groups is 1. The lowest BCUT2D eigenvalue weighted by Crippen LogP contribution is -2.55. The number of amides is 1. The number of nitrogens with zero attached hydrogens (tertiary/aromatic N) is 1. The maximum absolute atomic E-state index is 13.4. The minimum Gasteiger partial charge on any atom is -0.496 e. The number of hydrogen-bond donors (Lipinski definition) is 1. The van der Waals surface area contributed by atoms with Crippen molar-refractivity contribution in [2.45, 2.75) is 64.3 Å². The molecule has 0 aromatic heterocycles. The van der Waals surface area contributed by atoms with Gasteiger partial charge in [-0.3, -0.25) is 4.79 Å². The zero-order chi connectivity index (χ0) is 19.8. The van der Waals surface area contributed by atoms with Crippen LogP contribution in [0.25, 0.3) is 0 Å². The molecule has 0 radical (unpaired) electrons. The van der Waals surface area contributed by atoms with Crippen LogP contribution in [0.3, 0.4) is 0 Å². The molecule has 5 nitrogen and oxygen atoms in total. The summed E-state index contributed by atoms with van der Waals surface area (Å²) in [4.78, 5) is 14.6. The van der Waals surface area contributed by atoms with Crippen LogP contribution in [-0.2, 0) is 4.74 Å². The third-order valence-electron chi connectivity index (χ3n) is 5.81. The van der Waals surface area contributed by atoms with Gasteiger partial charge in [0, 0.05) is 32.0 Å². The number of likely N-dealkylation sites (tertiary alicyclic amines) is 1. The van der Waals surface area contributed by atoms with Crippen molar-refractivity contribution in [1.29, 1.82) is 0 Å². The molecule has 0 unspecified atom stereocenters. The summed E-state index contributed by atoms with van der Waals surface area (Å²) in [5.41, 5.74) is -0.0470. The van der Waals surface area contributed by atoms with Crippen molar-refractivity contribution >= 4 is 5.91 Å². The molecule has 27 heavy (non-hydrogen) atoms. The molecule has 3 rings (SSSR count). The molecule has 2 heterocycles. The highest BCUT2D eigenvalue weighted by atomic mass is 19.1. The number of carbonyl (C=O) groups excluding carboxylic acids is 1.